The van der Waals surface area contributed by atoms with Crippen LogP contribution in [0.2, 0.25) is 0 Å². The van der Waals surface area contributed by atoms with Gasteiger partial charge in [-0.05, 0) is 122 Å². The predicted molar refractivity (Wildman–Crippen MR) is 362 cm³/mol. The lowest BCUT2D eigenvalue weighted by Crippen LogP contribution is -2.30. The van der Waals surface area contributed by atoms with Gasteiger partial charge in [0.2, 0.25) is 0 Å². The molecule has 1 atom stereocenters. The lowest BCUT2D eigenvalue weighted by molar-refractivity contribution is -0.167. The minimum atomic E-state index is -0.794. The van der Waals surface area contributed by atoms with Gasteiger partial charge < -0.3 is 14.2 Å². The number of ether oxygens (including phenoxy) is 3. The first-order valence-corrected chi connectivity index (χ1v) is 35.7. The van der Waals surface area contributed by atoms with Crippen molar-refractivity contribution in [3.63, 3.8) is 0 Å². The van der Waals surface area contributed by atoms with Gasteiger partial charge in [-0.25, -0.2) is 0 Å². The van der Waals surface area contributed by atoms with E-state index in [0.717, 1.165) is 128 Å². The second-order valence-electron chi connectivity index (χ2n) is 23.8. The topological polar surface area (TPSA) is 78.9 Å². The minimum Gasteiger partial charge on any atom is -0.462 e. The van der Waals surface area contributed by atoms with Gasteiger partial charge in [0.1, 0.15) is 13.2 Å². The summed E-state index contributed by atoms with van der Waals surface area (Å²) in [6, 6.07) is 0. The summed E-state index contributed by atoms with van der Waals surface area (Å²) >= 11 is 0. The van der Waals surface area contributed by atoms with Crippen molar-refractivity contribution in [3.8, 4) is 0 Å². The Bertz CT molecular complexity index is 1610. The zero-order chi connectivity index (χ0) is 59.9. The Balaban J connectivity index is 4.30. The molecule has 0 amide bonds. The smallest absolute Gasteiger partial charge is 0.306 e. The maximum absolute atomic E-state index is 13.0. The first-order valence-electron chi connectivity index (χ1n) is 35.7. The van der Waals surface area contributed by atoms with E-state index in [1.807, 2.05) is 0 Å². The molecule has 0 bridgehead atoms. The van der Waals surface area contributed by atoms with Gasteiger partial charge in [0.25, 0.3) is 0 Å². The number of esters is 3. The molecule has 0 spiro atoms. The Hall–Kier alpha value is -3.67. The lowest BCUT2D eigenvalue weighted by atomic mass is 10.0. The molecule has 478 valence electrons. The predicted octanol–water partition coefficient (Wildman–Crippen LogP) is 24.8. The fourth-order valence-corrected chi connectivity index (χ4v) is 10.2. The van der Waals surface area contributed by atoms with Crippen molar-refractivity contribution in [1.82, 2.24) is 0 Å². The summed E-state index contributed by atoms with van der Waals surface area (Å²) in [6.07, 6.45) is 95.8. The summed E-state index contributed by atoms with van der Waals surface area (Å²) in [7, 11) is 0. The zero-order valence-electron chi connectivity index (χ0n) is 54.9. The van der Waals surface area contributed by atoms with E-state index < -0.39 is 6.10 Å². The molecule has 0 rings (SSSR count). The highest BCUT2D eigenvalue weighted by atomic mass is 16.6. The fraction of sp³-hybridized carbons (Fsp3) is 0.753. The normalized spacial score (nSPS) is 12.7. The number of allylic oxidation sites excluding steroid dienone is 16. The second-order valence-corrected chi connectivity index (χ2v) is 23.8. The maximum atomic E-state index is 13.0. The van der Waals surface area contributed by atoms with Crippen LogP contribution in [0.1, 0.15) is 355 Å². The first kappa shape index (κ1) is 79.3. The monoisotopic (exact) mass is 1160 g/mol. The van der Waals surface area contributed by atoms with E-state index in [1.54, 1.807) is 0 Å². The molecule has 0 N–H and O–H groups in total. The fourth-order valence-electron chi connectivity index (χ4n) is 10.2. The van der Waals surface area contributed by atoms with Crippen LogP contribution in [0.4, 0.5) is 0 Å². The molecule has 0 radical (unpaired) electrons. The average Bonchev–Trinajstić information content (AvgIpc) is 3.49. The Morgan fingerprint density at radius 1 is 0.253 bits per heavy atom. The lowest BCUT2D eigenvalue weighted by Gasteiger charge is -2.18. The summed E-state index contributed by atoms with van der Waals surface area (Å²) in [5, 5.41) is 0. The second kappa shape index (κ2) is 70.8. The van der Waals surface area contributed by atoms with E-state index in [1.165, 1.54) is 186 Å². The summed E-state index contributed by atoms with van der Waals surface area (Å²) in [5.74, 6) is -0.902. The van der Waals surface area contributed by atoms with E-state index in [9.17, 15) is 14.4 Å². The van der Waals surface area contributed by atoms with Crippen molar-refractivity contribution >= 4 is 17.9 Å². The van der Waals surface area contributed by atoms with Crippen LogP contribution >= 0.6 is 0 Å². The average molecular weight is 1160 g/mol. The molecule has 0 aromatic rings. The van der Waals surface area contributed by atoms with E-state index >= 15 is 0 Å². The Morgan fingerprint density at radius 2 is 0.470 bits per heavy atom. The molecule has 83 heavy (non-hydrogen) atoms. The molecule has 0 aromatic heterocycles. The Kier molecular flexibility index (Phi) is 67.7. The largest absolute Gasteiger partial charge is 0.462 e. The molecule has 0 aromatic carbocycles. The van der Waals surface area contributed by atoms with Gasteiger partial charge in [-0.15, -0.1) is 0 Å². The summed E-state index contributed by atoms with van der Waals surface area (Å²) in [5.41, 5.74) is 0. The van der Waals surface area contributed by atoms with Crippen LogP contribution in [0.15, 0.2) is 97.2 Å². The quantitative estimate of drug-likeness (QED) is 0.0261. The summed E-state index contributed by atoms with van der Waals surface area (Å²) < 4.78 is 17.0. The molecule has 6 heteroatoms. The molecule has 0 saturated carbocycles. The van der Waals surface area contributed by atoms with Crippen LogP contribution in [0.3, 0.4) is 0 Å². The minimum absolute atomic E-state index is 0.0867. The number of hydrogen-bond donors (Lipinski definition) is 0. The van der Waals surface area contributed by atoms with Crippen LogP contribution in [-0.4, -0.2) is 37.2 Å². The highest BCUT2D eigenvalue weighted by Crippen LogP contribution is 2.17. The van der Waals surface area contributed by atoms with Gasteiger partial charge in [0.15, 0.2) is 6.10 Å². The van der Waals surface area contributed by atoms with E-state index in [4.69, 9.17) is 14.2 Å². The molecule has 0 heterocycles. The highest BCUT2D eigenvalue weighted by Gasteiger charge is 2.19. The number of hydrogen-bond acceptors (Lipinski definition) is 6. The number of rotatable bonds is 65. The molecule has 0 aliphatic heterocycles. The molecule has 0 aliphatic carbocycles. The van der Waals surface area contributed by atoms with Crippen molar-refractivity contribution in [2.45, 2.75) is 361 Å². The molecule has 6 nitrogen and oxygen atoms in total. The molecule has 1 unspecified atom stereocenters. The van der Waals surface area contributed by atoms with Crippen LogP contribution in [-0.2, 0) is 28.6 Å². The molecular weight excluding hydrogens is 1020 g/mol. The third-order valence-corrected chi connectivity index (χ3v) is 15.5. The van der Waals surface area contributed by atoms with Crippen LogP contribution in [0, 0.1) is 0 Å². The number of carbonyl (C=O) groups excluding carboxylic acids is 3. The zero-order valence-corrected chi connectivity index (χ0v) is 54.9. The van der Waals surface area contributed by atoms with Gasteiger partial charge in [-0.3, -0.25) is 14.4 Å². The van der Waals surface area contributed by atoms with Crippen LogP contribution in [0.25, 0.3) is 0 Å². The van der Waals surface area contributed by atoms with Gasteiger partial charge in [0.05, 0.1) is 0 Å². The maximum Gasteiger partial charge on any atom is 0.306 e. The standard InChI is InChI=1S/C77H134O6/c1-4-7-10-13-16-19-22-25-28-30-32-34-35-36-37-38-39-40-41-43-44-46-49-52-55-58-61-64-67-70-76(79)82-73-74(72-81-75(78)69-66-63-60-57-54-51-48-27-24-21-18-15-12-9-6-3)83-77(80)71-68-65-62-59-56-53-50-47-45-42-33-31-29-26-23-20-17-14-11-8-5-2/h9,12,18,21-23,25-27,30-33,45,47-48,74H,4-8,10-11,13-17,19-20,24,28-29,34-44,46,49-73H2,1-3H3/b12-9-,21-18-,25-22-,26-23-,32-30-,33-31-,47-45-,48-27-. The van der Waals surface area contributed by atoms with E-state index in [-0.39, 0.29) is 31.1 Å². The van der Waals surface area contributed by atoms with Crippen molar-refractivity contribution in [2.75, 3.05) is 13.2 Å². The van der Waals surface area contributed by atoms with E-state index in [0.29, 0.717) is 19.3 Å². The van der Waals surface area contributed by atoms with Crippen molar-refractivity contribution in [1.29, 1.82) is 0 Å². The third-order valence-electron chi connectivity index (χ3n) is 15.5. The molecule has 0 aliphatic rings. The van der Waals surface area contributed by atoms with Gasteiger partial charge in [-0.2, -0.15) is 0 Å². The summed E-state index contributed by atoms with van der Waals surface area (Å²) in [6.45, 7) is 6.52. The SMILES string of the molecule is CC/C=C\C/C=C\C/C=C\CCCCCCCC(=O)OCC(COC(=O)CCCCCCCCCCCCCCCCCCC/C=C\C/C=C\CCCCCCC)OC(=O)CCCCCCCC/C=C\C/C=C\C/C=C\CCCCCCC. The molecule has 0 fully saturated rings. The molecular formula is C77H134O6. The number of unbranched alkanes of at least 4 members (excludes halogenated alkanes) is 38. The van der Waals surface area contributed by atoms with Crippen molar-refractivity contribution in [2.24, 2.45) is 0 Å². The Labute approximate surface area is 515 Å². The van der Waals surface area contributed by atoms with E-state index in [2.05, 4.69) is 118 Å². The Morgan fingerprint density at radius 3 is 0.735 bits per heavy atom. The first-order chi connectivity index (χ1) is 41.0. The van der Waals surface area contributed by atoms with Crippen LogP contribution < -0.4 is 0 Å². The van der Waals surface area contributed by atoms with Gasteiger partial charge in [0, 0.05) is 19.3 Å². The highest BCUT2D eigenvalue weighted by molar-refractivity contribution is 5.71. The molecule has 0 saturated heterocycles. The van der Waals surface area contributed by atoms with Crippen molar-refractivity contribution < 1.29 is 28.6 Å². The van der Waals surface area contributed by atoms with Crippen molar-refractivity contribution in [3.05, 3.63) is 97.2 Å². The summed E-state index contributed by atoms with van der Waals surface area (Å²) in [4.78, 5) is 38.5. The van der Waals surface area contributed by atoms with Gasteiger partial charge >= 0.3 is 17.9 Å². The third kappa shape index (κ3) is 69.0. The number of carbonyl (C=O) groups is 3. The van der Waals surface area contributed by atoms with Crippen LogP contribution in [0.5, 0.6) is 0 Å². The van der Waals surface area contributed by atoms with Gasteiger partial charge in [-0.1, -0.05) is 311 Å².